The molecule has 0 aromatic rings. The molecule has 0 bridgehead atoms. The van der Waals surface area contributed by atoms with Crippen LogP contribution in [0.4, 0.5) is 0 Å². The number of nitrogens with one attached hydrogen (secondary N) is 1. The summed E-state index contributed by atoms with van der Waals surface area (Å²) in [5, 5.41) is 12.1. The van der Waals surface area contributed by atoms with E-state index in [1.165, 1.54) is 26.2 Å². The topological polar surface area (TPSA) is 38.7 Å². The third-order valence-corrected chi connectivity index (χ3v) is 3.02. The minimum Gasteiger partial charge on any atom is -0.395 e. The van der Waals surface area contributed by atoms with Crippen molar-refractivity contribution in [1.29, 1.82) is 0 Å². The number of hydrogen-bond acceptors (Lipinski definition) is 4. The smallest absolute Gasteiger partial charge is 0.0585 e. The maximum atomic E-state index is 9.01. The van der Waals surface area contributed by atoms with Gasteiger partial charge in [-0.25, -0.2) is 0 Å². The Balaban J connectivity index is 2.12. The molecule has 1 saturated heterocycles. The van der Waals surface area contributed by atoms with Crippen molar-refractivity contribution in [3.63, 3.8) is 0 Å². The molecule has 1 aliphatic rings. The lowest BCUT2D eigenvalue weighted by Crippen LogP contribution is -2.46. The summed E-state index contributed by atoms with van der Waals surface area (Å²) in [7, 11) is 4.08. The Labute approximate surface area is 86.9 Å². The first-order valence-corrected chi connectivity index (χ1v) is 5.45. The zero-order valence-electron chi connectivity index (χ0n) is 9.37. The van der Waals surface area contributed by atoms with E-state index >= 15 is 0 Å². The van der Waals surface area contributed by atoms with Crippen molar-refractivity contribution in [2.24, 2.45) is 0 Å². The summed E-state index contributed by atoms with van der Waals surface area (Å²) in [6, 6.07) is 0.259. The second-order valence-electron chi connectivity index (χ2n) is 4.10. The largest absolute Gasteiger partial charge is 0.395 e. The highest BCUT2D eigenvalue weighted by Crippen LogP contribution is 2.01. The second-order valence-corrected chi connectivity index (χ2v) is 4.10. The second kappa shape index (κ2) is 6.35. The highest BCUT2D eigenvalue weighted by Gasteiger charge is 2.14. The molecule has 1 unspecified atom stereocenters. The first-order chi connectivity index (χ1) is 6.76. The van der Waals surface area contributed by atoms with Gasteiger partial charge in [0.05, 0.1) is 6.61 Å². The Bertz CT molecular complexity index is 142. The number of hydrogen-bond donors (Lipinski definition) is 2. The van der Waals surface area contributed by atoms with Crippen LogP contribution in [0.5, 0.6) is 0 Å². The van der Waals surface area contributed by atoms with Gasteiger partial charge in [-0.2, -0.15) is 0 Å². The third kappa shape index (κ3) is 3.92. The van der Waals surface area contributed by atoms with Crippen LogP contribution in [0.2, 0.25) is 0 Å². The van der Waals surface area contributed by atoms with Gasteiger partial charge in [0.2, 0.25) is 0 Å². The Morgan fingerprint density at radius 3 is 2.43 bits per heavy atom. The maximum absolute atomic E-state index is 9.01. The van der Waals surface area contributed by atoms with Crippen LogP contribution in [0.3, 0.4) is 0 Å². The van der Waals surface area contributed by atoms with E-state index < -0.39 is 0 Å². The molecule has 0 aliphatic carbocycles. The molecule has 1 rings (SSSR count). The number of aliphatic hydroxyl groups is 1. The number of nitrogens with zero attached hydrogens (tertiary/aromatic N) is 2. The van der Waals surface area contributed by atoms with Crippen LogP contribution in [0.25, 0.3) is 0 Å². The molecule has 14 heavy (non-hydrogen) atoms. The summed E-state index contributed by atoms with van der Waals surface area (Å²) in [5.74, 6) is 0. The zero-order chi connectivity index (χ0) is 10.4. The lowest BCUT2D eigenvalue weighted by molar-refractivity contribution is 0.142. The van der Waals surface area contributed by atoms with Gasteiger partial charge in [0.15, 0.2) is 0 Å². The molecule has 1 atom stereocenters. The number of piperazine rings is 1. The standard InChI is InChI=1S/C10H23N3O/c1-11-10(9-14)3-4-13-7-5-12(2)6-8-13/h10-11,14H,3-9H2,1-2H3. The van der Waals surface area contributed by atoms with E-state index in [-0.39, 0.29) is 12.6 Å². The van der Waals surface area contributed by atoms with Crippen molar-refractivity contribution in [2.75, 3.05) is 53.4 Å². The van der Waals surface area contributed by atoms with Crippen LogP contribution in [-0.4, -0.2) is 74.4 Å². The van der Waals surface area contributed by atoms with Gasteiger partial charge in [-0.15, -0.1) is 0 Å². The molecule has 0 radical (unpaired) electrons. The minimum atomic E-state index is 0.240. The fourth-order valence-electron chi connectivity index (χ4n) is 1.74. The molecular weight excluding hydrogens is 178 g/mol. The van der Waals surface area contributed by atoms with Crippen LogP contribution < -0.4 is 5.32 Å². The molecule has 84 valence electrons. The summed E-state index contributed by atoms with van der Waals surface area (Å²) in [6.07, 6.45) is 1.04. The average molecular weight is 201 g/mol. The van der Waals surface area contributed by atoms with E-state index in [0.29, 0.717) is 0 Å². The van der Waals surface area contributed by atoms with Crippen molar-refractivity contribution in [3.05, 3.63) is 0 Å². The van der Waals surface area contributed by atoms with Crippen LogP contribution in [0, 0.1) is 0 Å². The predicted molar refractivity (Wildman–Crippen MR) is 58.5 cm³/mol. The summed E-state index contributed by atoms with van der Waals surface area (Å²) in [6.45, 7) is 6.01. The Hall–Kier alpha value is -0.160. The van der Waals surface area contributed by atoms with Gasteiger partial charge in [-0.1, -0.05) is 0 Å². The van der Waals surface area contributed by atoms with Crippen molar-refractivity contribution >= 4 is 0 Å². The highest BCUT2D eigenvalue weighted by atomic mass is 16.3. The van der Waals surface area contributed by atoms with E-state index in [1.54, 1.807) is 0 Å². The van der Waals surface area contributed by atoms with Crippen molar-refractivity contribution in [1.82, 2.24) is 15.1 Å². The van der Waals surface area contributed by atoms with Gasteiger partial charge in [0.1, 0.15) is 0 Å². The first-order valence-electron chi connectivity index (χ1n) is 5.45. The molecule has 0 spiro atoms. The Kier molecular flexibility index (Phi) is 5.40. The highest BCUT2D eigenvalue weighted by molar-refractivity contribution is 4.72. The molecule has 0 aromatic heterocycles. The van der Waals surface area contributed by atoms with E-state index in [1.807, 2.05) is 7.05 Å². The molecule has 0 saturated carbocycles. The SMILES string of the molecule is CNC(CO)CCN1CCN(C)CC1. The number of rotatable bonds is 5. The molecule has 0 amide bonds. The molecule has 1 aliphatic heterocycles. The summed E-state index contributed by atoms with van der Waals surface area (Å²) < 4.78 is 0. The fourth-order valence-corrected chi connectivity index (χ4v) is 1.74. The van der Waals surface area contributed by atoms with Gasteiger partial charge in [0.25, 0.3) is 0 Å². The quantitative estimate of drug-likeness (QED) is 0.611. The molecular formula is C10H23N3O. The lowest BCUT2D eigenvalue weighted by Gasteiger charge is -2.33. The van der Waals surface area contributed by atoms with Gasteiger partial charge < -0.3 is 20.2 Å². The number of aliphatic hydroxyl groups excluding tert-OH is 1. The predicted octanol–water partition coefficient (Wildman–Crippen LogP) is -0.796. The zero-order valence-corrected chi connectivity index (χ0v) is 9.37. The van der Waals surface area contributed by atoms with Gasteiger partial charge >= 0.3 is 0 Å². The fraction of sp³-hybridized carbons (Fsp3) is 1.00. The normalized spacial score (nSPS) is 22.5. The average Bonchev–Trinajstić information content (AvgIpc) is 2.22. The van der Waals surface area contributed by atoms with Crippen molar-refractivity contribution in [3.8, 4) is 0 Å². The summed E-state index contributed by atoms with van der Waals surface area (Å²) in [4.78, 5) is 4.83. The summed E-state index contributed by atoms with van der Waals surface area (Å²) >= 11 is 0. The van der Waals surface area contributed by atoms with E-state index in [9.17, 15) is 0 Å². The van der Waals surface area contributed by atoms with Crippen LogP contribution in [0.15, 0.2) is 0 Å². The third-order valence-electron chi connectivity index (χ3n) is 3.02. The van der Waals surface area contributed by atoms with Gasteiger partial charge in [0, 0.05) is 32.2 Å². The van der Waals surface area contributed by atoms with Crippen LogP contribution >= 0.6 is 0 Å². The monoisotopic (exact) mass is 201 g/mol. The molecule has 1 fully saturated rings. The summed E-state index contributed by atoms with van der Waals surface area (Å²) in [5.41, 5.74) is 0. The van der Waals surface area contributed by atoms with E-state index in [4.69, 9.17) is 5.11 Å². The van der Waals surface area contributed by atoms with Gasteiger partial charge in [-0.3, -0.25) is 0 Å². The Morgan fingerprint density at radius 1 is 1.29 bits per heavy atom. The lowest BCUT2D eigenvalue weighted by atomic mass is 10.2. The van der Waals surface area contributed by atoms with Gasteiger partial charge in [-0.05, 0) is 27.1 Å². The minimum absolute atomic E-state index is 0.240. The van der Waals surface area contributed by atoms with Crippen LogP contribution in [-0.2, 0) is 0 Å². The first kappa shape index (κ1) is 11.9. The van der Waals surface area contributed by atoms with E-state index in [2.05, 4.69) is 22.2 Å². The maximum Gasteiger partial charge on any atom is 0.0585 e. The molecule has 4 heteroatoms. The van der Waals surface area contributed by atoms with Crippen molar-refractivity contribution < 1.29 is 5.11 Å². The molecule has 2 N–H and O–H groups in total. The van der Waals surface area contributed by atoms with Crippen molar-refractivity contribution in [2.45, 2.75) is 12.5 Å². The molecule has 0 aromatic carbocycles. The number of likely N-dealkylation sites (N-methyl/N-ethyl adjacent to an activating group) is 2. The van der Waals surface area contributed by atoms with E-state index in [0.717, 1.165) is 13.0 Å². The van der Waals surface area contributed by atoms with Crippen LogP contribution in [0.1, 0.15) is 6.42 Å². The molecule has 1 heterocycles. The Morgan fingerprint density at radius 2 is 1.93 bits per heavy atom. The molecule has 4 nitrogen and oxygen atoms in total.